The first kappa shape index (κ1) is 17.7. The van der Waals surface area contributed by atoms with Crippen LogP contribution in [-0.2, 0) is 9.53 Å². The molecule has 1 amide bonds. The van der Waals surface area contributed by atoms with E-state index in [0.29, 0.717) is 6.04 Å². The monoisotopic (exact) mass is 304 g/mol. The molecule has 0 bridgehead atoms. The van der Waals surface area contributed by atoms with Crippen LogP contribution in [0.2, 0.25) is 0 Å². The summed E-state index contributed by atoms with van der Waals surface area (Å²) in [7, 11) is 0. The third-order valence-electron chi connectivity index (χ3n) is 4.25. The highest BCUT2D eigenvalue weighted by Crippen LogP contribution is 2.21. The lowest BCUT2D eigenvalue weighted by atomic mass is 10.1. The van der Waals surface area contributed by atoms with Gasteiger partial charge in [-0.3, -0.25) is 4.79 Å². The highest BCUT2D eigenvalue weighted by molar-refractivity contribution is 5.85. The van der Waals surface area contributed by atoms with E-state index in [-0.39, 0.29) is 30.5 Å². The van der Waals surface area contributed by atoms with Gasteiger partial charge in [-0.05, 0) is 45.7 Å². The first-order chi connectivity index (χ1) is 9.25. The molecule has 20 heavy (non-hydrogen) atoms. The lowest BCUT2D eigenvalue weighted by Gasteiger charge is -2.26. The summed E-state index contributed by atoms with van der Waals surface area (Å²) in [6.07, 6.45) is 9.39. The third-order valence-corrected chi connectivity index (χ3v) is 4.25. The fourth-order valence-electron chi connectivity index (χ4n) is 3.01. The number of carbonyl (C=O) groups is 1. The fourth-order valence-corrected chi connectivity index (χ4v) is 3.01. The van der Waals surface area contributed by atoms with Crippen molar-refractivity contribution in [1.29, 1.82) is 0 Å². The topological polar surface area (TPSA) is 50.4 Å². The maximum atomic E-state index is 12.1. The van der Waals surface area contributed by atoms with Crippen LogP contribution in [0, 0.1) is 0 Å². The Hall–Kier alpha value is -0.320. The summed E-state index contributed by atoms with van der Waals surface area (Å²) in [6.45, 7) is 3.90. The van der Waals surface area contributed by atoms with Crippen LogP contribution in [0.4, 0.5) is 0 Å². The van der Waals surface area contributed by atoms with Crippen LogP contribution in [-0.4, -0.2) is 37.2 Å². The van der Waals surface area contributed by atoms with Crippen LogP contribution < -0.4 is 10.6 Å². The summed E-state index contributed by atoms with van der Waals surface area (Å²) in [4.78, 5) is 12.1. The Labute approximate surface area is 128 Å². The molecule has 5 heteroatoms. The van der Waals surface area contributed by atoms with Gasteiger partial charge in [-0.1, -0.05) is 25.7 Å². The van der Waals surface area contributed by atoms with Crippen LogP contribution in [0.25, 0.3) is 0 Å². The predicted molar refractivity (Wildman–Crippen MR) is 83.3 cm³/mol. The minimum atomic E-state index is -0.307. The van der Waals surface area contributed by atoms with Crippen molar-refractivity contribution in [1.82, 2.24) is 10.6 Å². The van der Waals surface area contributed by atoms with Gasteiger partial charge in [0, 0.05) is 6.04 Å². The maximum absolute atomic E-state index is 12.1. The largest absolute Gasteiger partial charge is 0.365 e. The minimum absolute atomic E-state index is 0. The Bertz CT molecular complexity index is 275. The number of ether oxygens (including phenoxy) is 1. The van der Waals surface area contributed by atoms with Gasteiger partial charge in [0.25, 0.3) is 0 Å². The molecule has 118 valence electrons. The molecule has 1 atom stereocenters. The summed E-state index contributed by atoms with van der Waals surface area (Å²) < 4.78 is 5.95. The van der Waals surface area contributed by atoms with Crippen molar-refractivity contribution in [2.75, 3.05) is 13.1 Å². The van der Waals surface area contributed by atoms with Gasteiger partial charge >= 0.3 is 0 Å². The molecule has 0 spiro atoms. The van der Waals surface area contributed by atoms with Crippen molar-refractivity contribution < 1.29 is 9.53 Å². The molecule has 1 saturated heterocycles. The first-order valence-electron chi connectivity index (χ1n) is 7.92. The smallest absolute Gasteiger partial charge is 0.249 e. The van der Waals surface area contributed by atoms with Crippen molar-refractivity contribution in [2.24, 2.45) is 0 Å². The average Bonchev–Trinajstić information content (AvgIpc) is 2.68. The predicted octanol–water partition coefficient (Wildman–Crippen LogP) is 2.40. The molecule has 2 N–H and O–H groups in total. The number of carbonyl (C=O) groups excluding carboxylic acids is 1. The SMILES string of the molecule is CC(OC1CCCCCC1)C(=O)NC1CCNCC1.Cl. The number of halogens is 1. The lowest BCUT2D eigenvalue weighted by molar-refractivity contribution is -0.136. The molecule has 0 aromatic rings. The number of hydrogen-bond donors (Lipinski definition) is 2. The van der Waals surface area contributed by atoms with Crippen LogP contribution in [0.5, 0.6) is 0 Å². The van der Waals surface area contributed by atoms with E-state index in [1.807, 2.05) is 6.92 Å². The number of rotatable bonds is 4. The van der Waals surface area contributed by atoms with Gasteiger partial charge in [0.05, 0.1) is 6.10 Å². The van der Waals surface area contributed by atoms with Crippen molar-refractivity contribution >= 4 is 18.3 Å². The van der Waals surface area contributed by atoms with Gasteiger partial charge in [0.2, 0.25) is 5.91 Å². The summed E-state index contributed by atoms with van der Waals surface area (Å²) in [6, 6.07) is 0.328. The van der Waals surface area contributed by atoms with Crippen LogP contribution in [0.15, 0.2) is 0 Å². The molecule has 2 fully saturated rings. The Morgan fingerprint density at radius 1 is 1.10 bits per heavy atom. The summed E-state index contributed by atoms with van der Waals surface area (Å²) in [5.74, 6) is 0.0659. The van der Waals surface area contributed by atoms with Gasteiger partial charge in [-0.2, -0.15) is 0 Å². The second kappa shape index (κ2) is 9.59. The molecular weight excluding hydrogens is 276 g/mol. The molecule has 0 radical (unpaired) electrons. The number of nitrogens with one attached hydrogen (secondary N) is 2. The zero-order chi connectivity index (χ0) is 13.5. The second-order valence-corrected chi connectivity index (χ2v) is 5.92. The van der Waals surface area contributed by atoms with Gasteiger partial charge in [-0.15, -0.1) is 12.4 Å². The lowest BCUT2D eigenvalue weighted by Crippen LogP contribution is -2.46. The number of hydrogen-bond acceptors (Lipinski definition) is 3. The molecule has 1 saturated carbocycles. The van der Waals surface area contributed by atoms with E-state index in [4.69, 9.17) is 4.74 Å². The van der Waals surface area contributed by atoms with E-state index in [1.54, 1.807) is 0 Å². The van der Waals surface area contributed by atoms with E-state index < -0.39 is 0 Å². The van der Waals surface area contributed by atoms with E-state index in [1.165, 1.54) is 25.7 Å². The second-order valence-electron chi connectivity index (χ2n) is 5.92. The highest BCUT2D eigenvalue weighted by atomic mass is 35.5. The summed E-state index contributed by atoms with van der Waals surface area (Å²) in [5.41, 5.74) is 0. The van der Waals surface area contributed by atoms with Gasteiger partial charge in [-0.25, -0.2) is 0 Å². The highest BCUT2D eigenvalue weighted by Gasteiger charge is 2.23. The molecule has 1 unspecified atom stereocenters. The molecule has 1 aliphatic carbocycles. The van der Waals surface area contributed by atoms with Crippen molar-refractivity contribution in [2.45, 2.75) is 76.5 Å². The van der Waals surface area contributed by atoms with Crippen LogP contribution in [0.1, 0.15) is 58.3 Å². The van der Waals surface area contributed by atoms with Crippen molar-refractivity contribution in [3.05, 3.63) is 0 Å². The van der Waals surface area contributed by atoms with Crippen molar-refractivity contribution in [3.63, 3.8) is 0 Å². The number of amides is 1. The van der Waals surface area contributed by atoms with Gasteiger partial charge in [0.1, 0.15) is 6.10 Å². The Kier molecular flexibility index (Phi) is 8.50. The van der Waals surface area contributed by atoms with E-state index in [9.17, 15) is 4.79 Å². The molecule has 1 aliphatic heterocycles. The molecule has 0 aromatic carbocycles. The molecule has 1 heterocycles. The molecular formula is C15H29ClN2O2. The Morgan fingerprint density at radius 2 is 1.70 bits per heavy atom. The normalized spacial score (nSPS) is 23.4. The standard InChI is InChI=1S/C15H28N2O2.ClH/c1-12(19-14-6-4-2-3-5-7-14)15(18)17-13-8-10-16-11-9-13;/h12-14,16H,2-11H2,1H3,(H,17,18);1H. The Balaban J connectivity index is 0.00000200. The zero-order valence-corrected chi connectivity index (χ0v) is 13.3. The van der Waals surface area contributed by atoms with E-state index in [0.717, 1.165) is 38.8 Å². The average molecular weight is 305 g/mol. The number of piperidine rings is 1. The quantitative estimate of drug-likeness (QED) is 0.784. The van der Waals surface area contributed by atoms with Gasteiger partial charge < -0.3 is 15.4 Å². The summed E-state index contributed by atoms with van der Waals surface area (Å²) >= 11 is 0. The summed E-state index contributed by atoms with van der Waals surface area (Å²) in [5, 5.41) is 6.43. The molecule has 2 rings (SSSR count). The van der Waals surface area contributed by atoms with Crippen molar-refractivity contribution in [3.8, 4) is 0 Å². The molecule has 2 aliphatic rings. The first-order valence-corrected chi connectivity index (χ1v) is 7.92. The molecule has 4 nitrogen and oxygen atoms in total. The van der Waals surface area contributed by atoms with E-state index >= 15 is 0 Å². The van der Waals surface area contributed by atoms with E-state index in [2.05, 4.69) is 10.6 Å². The Morgan fingerprint density at radius 3 is 2.30 bits per heavy atom. The zero-order valence-electron chi connectivity index (χ0n) is 12.5. The minimum Gasteiger partial charge on any atom is -0.365 e. The van der Waals surface area contributed by atoms with Crippen LogP contribution >= 0.6 is 12.4 Å². The molecule has 0 aromatic heterocycles. The third kappa shape index (κ3) is 5.98. The van der Waals surface area contributed by atoms with Gasteiger partial charge in [0.15, 0.2) is 0 Å². The fraction of sp³-hybridized carbons (Fsp3) is 0.933. The van der Waals surface area contributed by atoms with Crippen LogP contribution in [0.3, 0.4) is 0 Å². The maximum Gasteiger partial charge on any atom is 0.249 e.